The zero-order valence-corrected chi connectivity index (χ0v) is 16.6. The molecule has 0 bridgehead atoms. The predicted octanol–water partition coefficient (Wildman–Crippen LogP) is 2.00. The van der Waals surface area contributed by atoms with E-state index in [0.29, 0.717) is 16.8 Å². The van der Waals surface area contributed by atoms with Gasteiger partial charge in [0.2, 0.25) is 10.0 Å². The van der Waals surface area contributed by atoms with Crippen LogP contribution in [0.15, 0.2) is 59.5 Å². The van der Waals surface area contributed by atoms with Gasteiger partial charge in [-0.15, -0.1) is 0 Å². The Morgan fingerprint density at radius 3 is 2.28 bits per heavy atom. The second-order valence-corrected chi connectivity index (χ2v) is 8.19. The molecule has 150 valence electrons. The van der Waals surface area contributed by atoms with Crippen molar-refractivity contribution in [3.63, 3.8) is 0 Å². The number of hydrogen-bond acceptors (Lipinski definition) is 6. The van der Waals surface area contributed by atoms with Crippen molar-refractivity contribution in [2.24, 2.45) is 0 Å². The molecule has 0 saturated carbocycles. The van der Waals surface area contributed by atoms with E-state index < -0.39 is 28.5 Å². The van der Waals surface area contributed by atoms with Crippen LogP contribution in [0.25, 0.3) is 6.08 Å². The number of amides is 1. The summed E-state index contributed by atoms with van der Waals surface area (Å²) in [5.74, 6) is -1.26. The molecule has 2 aromatic carbocycles. The maximum atomic E-state index is 12.0. The zero-order chi connectivity index (χ0) is 21.4. The van der Waals surface area contributed by atoms with Crippen molar-refractivity contribution in [2.45, 2.75) is 4.90 Å². The molecule has 0 fully saturated rings. The fraction of sp³-hybridized carbons (Fsp3) is 0.150. The van der Waals surface area contributed by atoms with Crippen molar-refractivity contribution in [1.82, 2.24) is 4.31 Å². The first-order valence-corrected chi connectivity index (χ1v) is 9.84. The van der Waals surface area contributed by atoms with Gasteiger partial charge in [-0.2, -0.15) is 5.26 Å². The van der Waals surface area contributed by atoms with Crippen LogP contribution in [0.5, 0.6) is 0 Å². The summed E-state index contributed by atoms with van der Waals surface area (Å²) in [6, 6.07) is 14.2. The molecule has 0 atom stereocenters. The van der Waals surface area contributed by atoms with Crippen LogP contribution in [-0.4, -0.2) is 45.3 Å². The van der Waals surface area contributed by atoms with E-state index in [1.54, 1.807) is 24.3 Å². The molecule has 0 radical (unpaired) electrons. The lowest BCUT2D eigenvalue weighted by Gasteiger charge is -2.12. The number of ether oxygens (including phenoxy) is 1. The molecule has 0 saturated heterocycles. The van der Waals surface area contributed by atoms with E-state index in [0.717, 1.165) is 4.31 Å². The highest BCUT2D eigenvalue weighted by Gasteiger charge is 2.16. The van der Waals surface area contributed by atoms with Gasteiger partial charge in [-0.3, -0.25) is 4.79 Å². The largest absolute Gasteiger partial charge is 0.452 e. The fourth-order valence-electron chi connectivity index (χ4n) is 2.14. The van der Waals surface area contributed by atoms with Crippen molar-refractivity contribution in [3.8, 4) is 6.07 Å². The Kier molecular flexibility index (Phi) is 7.25. The fourth-order valence-corrected chi connectivity index (χ4v) is 3.04. The summed E-state index contributed by atoms with van der Waals surface area (Å²) in [6.07, 6.45) is 2.68. The summed E-state index contributed by atoms with van der Waals surface area (Å²) >= 11 is 0. The third kappa shape index (κ3) is 6.27. The number of carbonyl (C=O) groups is 2. The van der Waals surface area contributed by atoms with Crippen molar-refractivity contribution in [3.05, 3.63) is 65.7 Å². The lowest BCUT2D eigenvalue weighted by atomic mass is 10.1. The average molecular weight is 413 g/mol. The second kappa shape index (κ2) is 9.64. The Balaban J connectivity index is 1.85. The van der Waals surface area contributed by atoms with Gasteiger partial charge in [-0.25, -0.2) is 17.5 Å². The van der Waals surface area contributed by atoms with E-state index in [1.807, 2.05) is 6.07 Å². The quantitative estimate of drug-likeness (QED) is 0.548. The molecule has 0 aliphatic rings. The Morgan fingerprint density at radius 1 is 1.10 bits per heavy atom. The summed E-state index contributed by atoms with van der Waals surface area (Å²) in [5, 5.41) is 11.2. The highest BCUT2D eigenvalue weighted by atomic mass is 32.2. The van der Waals surface area contributed by atoms with E-state index in [2.05, 4.69) is 5.32 Å². The molecule has 0 unspecified atom stereocenters. The van der Waals surface area contributed by atoms with Gasteiger partial charge in [0.15, 0.2) is 6.61 Å². The normalized spacial score (nSPS) is 11.2. The lowest BCUT2D eigenvalue weighted by molar-refractivity contribution is -0.142. The van der Waals surface area contributed by atoms with Gasteiger partial charge in [-0.05, 0) is 48.0 Å². The molecule has 0 heterocycles. The predicted molar refractivity (Wildman–Crippen MR) is 107 cm³/mol. The van der Waals surface area contributed by atoms with Crippen LogP contribution in [0, 0.1) is 11.3 Å². The average Bonchev–Trinajstić information content (AvgIpc) is 2.71. The smallest absolute Gasteiger partial charge is 0.331 e. The monoisotopic (exact) mass is 413 g/mol. The number of sulfonamides is 1. The SMILES string of the molecule is CN(C)S(=O)(=O)c1ccc(NC(=O)COC(=O)/C=C/c2ccc(C#N)cc2)cc1. The number of esters is 1. The standard InChI is InChI=1S/C20H19N3O5S/c1-23(2)29(26,27)18-10-8-17(9-11-18)22-19(24)14-28-20(25)12-7-15-3-5-16(13-21)6-4-15/h3-12H,14H2,1-2H3,(H,22,24)/b12-7+. The number of nitriles is 1. The van der Waals surface area contributed by atoms with E-state index in [-0.39, 0.29) is 4.90 Å². The van der Waals surface area contributed by atoms with Gasteiger partial charge in [0.05, 0.1) is 16.5 Å². The molecule has 0 aliphatic heterocycles. The Hall–Kier alpha value is -3.48. The molecule has 0 aromatic heterocycles. The molecular formula is C20H19N3O5S. The third-order valence-electron chi connectivity index (χ3n) is 3.71. The van der Waals surface area contributed by atoms with Crippen molar-refractivity contribution in [2.75, 3.05) is 26.0 Å². The number of nitrogens with one attached hydrogen (secondary N) is 1. The van der Waals surface area contributed by atoms with Crippen LogP contribution in [0.3, 0.4) is 0 Å². The van der Waals surface area contributed by atoms with Gasteiger partial charge < -0.3 is 10.1 Å². The van der Waals surface area contributed by atoms with E-state index in [1.165, 1.54) is 50.5 Å². The minimum absolute atomic E-state index is 0.0971. The zero-order valence-electron chi connectivity index (χ0n) is 15.8. The number of benzene rings is 2. The molecule has 1 N–H and O–H groups in total. The first-order valence-electron chi connectivity index (χ1n) is 8.40. The first-order chi connectivity index (χ1) is 13.7. The molecule has 0 aliphatic carbocycles. The third-order valence-corrected chi connectivity index (χ3v) is 5.54. The molecule has 0 spiro atoms. The maximum absolute atomic E-state index is 12.0. The first kappa shape index (κ1) is 21.8. The number of carbonyl (C=O) groups excluding carboxylic acids is 2. The lowest BCUT2D eigenvalue weighted by Crippen LogP contribution is -2.22. The summed E-state index contributed by atoms with van der Waals surface area (Å²) in [4.78, 5) is 23.7. The van der Waals surface area contributed by atoms with Gasteiger partial charge >= 0.3 is 5.97 Å². The van der Waals surface area contributed by atoms with Crippen LogP contribution in [0.1, 0.15) is 11.1 Å². The Bertz CT molecular complexity index is 1050. The number of nitrogens with zero attached hydrogens (tertiary/aromatic N) is 2. The van der Waals surface area contributed by atoms with Crippen LogP contribution >= 0.6 is 0 Å². The minimum atomic E-state index is -3.55. The van der Waals surface area contributed by atoms with Crippen molar-refractivity contribution < 1.29 is 22.7 Å². The number of anilines is 1. The Labute approximate surface area is 169 Å². The van der Waals surface area contributed by atoms with Crippen LogP contribution in [0.4, 0.5) is 5.69 Å². The second-order valence-electron chi connectivity index (χ2n) is 6.03. The van der Waals surface area contributed by atoms with Crippen LogP contribution < -0.4 is 5.32 Å². The van der Waals surface area contributed by atoms with Crippen LogP contribution in [0.2, 0.25) is 0 Å². The maximum Gasteiger partial charge on any atom is 0.331 e. The van der Waals surface area contributed by atoms with E-state index in [9.17, 15) is 18.0 Å². The number of rotatable bonds is 7. The number of hydrogen-bond donors (Lipinski definition) is 1. The Morgan fingerprint density at radius 2 is 1.72 bits per heavy atom. The highest BCUT2D eigenvalue weighted by molar-refractivity contribution is 7.89. The molecule has 29 heavy (non-hydrogen) atoms. The van der Waals surface area contributed by atoms with Crippen LogP contribution in [-0.2, 0) is 24.3 Å². The highest BCUT2D eigenvalue weighted by Crippen LogP contribution is 2.16. The van der Waals surface area contributed by atoms with E-state index in [4.69, 9.17) is 10.00 Å². The summed E-state index contributed by atoms with van der Waals surface area (Å²) in [5.41, 5.74) is 1.59. The van der Waals surface area contributed by atoms with Gasteiger partial charge in [0.1, 0.15) is 0 Å². The molecular weight excluding hydrogens is 394 g/mol. The molecule has 1 amide bonds. The summed E-state index contributed by atoms with van der Waals surface area (Å²) < 4.78 is 29.9. The summed E-state index contributed by atoms with van der Waals surface area (Å²) in [6.45, 7) is -0.492. The van der Waals surface area contributed by atoms with Gasteiger partial charge in [-0.1, -0.05) is 12.1 Å². The van der Waals surface area contributed by atoms with Gasteiger partial charge in [0.25, 0.3) is 5.91 Å². The molecule has 8 nitrogen and oxygen atoms in total. The topological polar surface area (TPSA) is 117 Å². The molecule has 2 aromatic rings. The molecule has 2 rings (SSSR count). The molecule has 9 heteroatoms. The van der Waals surface area contributed by atoms with Crippen molar-refractivity contribution >= 4 is 33.7 Å². The van der Waals surface area contributed by atoms with Gasteiger partial charge in [0, 0.05) is 25.9 Å². The van der Waals surface area contributed by atoms with Crippen molar-refractivity contribution in [1.29, 1.82) is 5.26 Å². The van der Waals surface area contributed by atoms with E-state index >= 15 is 0 Å². The minimum Gasteiger partial charge on any atom is -0.452 e. The summed E-state index contributed by atoms with van der Waals surface area (Å²) in [7, 11) is -0.698.